The molecular weight excluding hydrogens is 490 g/mol. The van der Waals surface area contributed by atoms with Crippen LogP contribution < -0.4 is 15.1 Å². The zero-order valence-corrected chi connectivity index (χ0v) is 20.0. The fourth-order valence-electron chi connectivity index (χ4n) is 4.69. The number of rotatable bonds is 5. The van der Waals surface area contributed by atoms with Crippen LogP contribution in [0, 0.1) is 5.95 Å². The number of anilines is 3. The number of amides is 2. The Morgan fingerprint density at radius 3 is 2.57 bits per heavy atom. The van der Waals surface area contributed by atoms with Crippen LogP contribution in [0.3, 0.4) is 0 Å². The van der Waals surface area contributed by atoms with E-state index in [2.05, 4.69) is 15.3 Å². The number of pyridine rings is 2. The molecule has 1 N–H and O–H groups in total. The molecule has 0 saturated carbocycles. The molecule has 5 rings (SSSR count). The van der Waals surface area contributed by atoms with Crippen molar-refractivity contribution in [3.8, 4) is 11.1 Å². The predicted octanol–water partition coefficient (Wildman–Crippen LogP) is 4.86. The average molecular weight is 513 g/mol. The zero-order chi connectivity index (χ0) is 26.5. The van der Waals surface area contributed by atoms with Crippen LogP contribution in [0.25, 0.3) is 11.1 Å². The molecule has 0 bridgehead atoms. The second kappa shape index (κ2) is 9.13. The molecule has 0 radical (unpaired) electrons. The monoisotopic (exact) mass is 513 g/mol. The summed E-state index contributed by atoms with van der Waals surface area (Å²) in [6.45, 7) is 2.58. The lowest BCUT2D eigenvalue weighted by Gasteiger charge is -2.43. The molecule has 2 aliphatic rings. The van der Waals surface area contributed by atoms with Crippen molar-refractivity contribution in [3.63, 3.8) is 0 Å². The zero-order valence-electron chi connectivity index (χ0n) is 20.0. The van der Waals surface area contributed by atoms with Gasteiger partial charge in [-0.3, -0.25) is 14.6 Å². The number of hydrogen-bond donors (Lipinski definition) is 1. The van der Waals surface area contributed by atoms with Crippen LogP contribution in [-0.4, -0.2) is 47.1 Å². The number of fused-ring (bicyclic) bond motifs is 3. The standard InChI is InChI=1S/C26H23F4N5O2/c1-14-22-17(4-3-9-31-22)21-18(10-19(33-24(21)29)34-12-26(2,30)13-34)35(25(14)37)11-20(36)32-16-7-5-15(6-8-16)23(27)28/h3-10,14,23H,11-13H2,1-2H3,(H,32,36)/t14-/m1/s1. The Morgan fingerprint density at radius 2 is 1.92 bits per heavy atom. The summed E-state index contributed by atoms with van der Waals surface area (Å²) < 4.78 is 55.4. The number of carbonyl (C=O) groups is 2. The highest BCUT2D eigenvalue weighted by Gasteiger charge is 2.41. The van der Waals surface area contributed by atoms with Crippen molar-refractivity contribution in [2.75, 3.05) is 34.8 Å². The van der Waals surface area contributed by atoms with E-state index in [0.717, 1.165) is 4.90 Å². The number of carbonyl (C=O) groups excluding carboxylic acids is 2. The Morgan fingerprint density at radius 1 is 1.22 bits per heavy atom. The van der Waals surface area contributed by atoms with Gasteiger partial charge in [-0.1, -0.05) is 18.2 Å². The molecule has 11 heteroatoms. The number of aromatic nitrogens is 2. The molecule has 0 spiro atoms. The molecule has 0 unspecified atom stereocenters. The van der Waals surface area contributed by atoms with Crippen molar-refractivity contribution in [1.82, 2.24) is 9.97 Å². The van der Waals surface area contributed by atoms with Crippen molar-refractivity contribution in [1.29, 1.82) is 0 Å². The number of benzene rings is 1. The summed E-state index contributed by atoms with van der Waals surface area (Å²) in [5.74, 6) is -2.63. The second-order valence-corrected chi connectivity index (χ2v) is 9.49. The van der Waals surface area contributed by atoms with E-state index in [1.54, 1.807) is 24.0 Å². The van der Waals surface area contributed by atoms with Crippen molar-refractivity contribution in [2.24, 2.45) is 0 Å². The summed E-state index contributed by atoms with van der Waals surface area (Å²) in [5, 5.41) is 2.59. The van der Waals surface area contributed by atoms with Crippen LogP contribution in [-0.2, 0) is 9.59 Å². The fourth-order valence-corrected chi connectivity index (χ4v) is 4.69. The summed E-state index contributed by atoms with van der Waals surface area (Å²) in [6.07, 6.45) is -1.15. The molecule has 7 nitrogen and oxygen atoms in total. The Kier molecular flexibility index (Phi) is 6.09. The van der Waals surface area contributed by atoms with Gasteiger partial charge in [0.2, 0.25) is 17.8 Å². The first-order valence-corrected chi connectivity index (χ1v) is 11.6. The van der Waals surface area contributed by atoms with Crippen molar-refractivity contribution in [2.45, 2.75) is 31.9 Å². The largest absolute Gasteiger partial charge is 0.350 e. The molecule has 2 amide bonds. The van der Waals surface area contributed by atoms with Gasteiger partial charge < -0.3 is 15.1 Å². The van der Waals surface area contributed by atoms with Gasteiger partial charge in [0.1, 0.15) is 18.0 Å². The van der Waals surface area contributed by atoms with Crippen molar-refractivity contribution >= 4 is 29.0 Å². The molecule has 1 atom stereocenters. The third-order valence-corrected chi connectivity index (χ3v) is 6.50. The normalized spacial score (nSPS) is 18.1. The van der Waals surface area contributed by atoms with Crippen LogP contribution in [0.2, 0.25) is 0 Å². The minimum atomic E-state index is -2.65. The molecule has 2 aromatic heterocycles. The van der Waals surface area contributed by atoms with E-state index in [-0.39, 0.29) is 41.4 Å². The molecule has 2 aliphatic heterocycles. The van der Waals surface area contributed by atoms with Gasteiger partial charge in [-0.05, 0) is 32.0 Å². The molecule has 37 heavy (non-hydrogen) atoms. The molecule has 192 valence electrons. The van der Waals surface area contributed by atoms with E-state index >= 15 is 4.39 Å². The van der Waals surface area contributed by atoms with Crippen LogP contribution in [0.15, 0.2) is 48.7 Å². The maximum absolute atomic E-state index is 15.6. The lowest BCUT2D eigenvalue weighted by molar-refractivity contribution is -0.122. The molecule has 0 aliphatic carbocycles. The summed E-state index contributed by atoms with van der Waals surface area (Å²) in [4.78, 5) is 37.6. The van der Waals surface area contributed by atoms with Gasteiger partial charge in [-0.25, -0.2) is 18.2 Å². The highest BCUT2D eigenvalue weighted by Crippen LogP contribution is 2.43. The van der Waals surface area contributed by atoms with Crippen molar-refractivity contribution < 1.29 is 27.2 Å². The molecular formula is C26H23F4N5O2. The van der Waals surface area contributed by atoms with E-state index < -0.39 is 42.3 Å². The van der Waals surface area contributed by atoms with E-state index in [1.807, 2.05) is 0 Å². The molecule has 4 heterocycles. The Hall–Kier alpha value is -4.02. The molecule has 1 saturated heterocycles. The summed E-state index contributed by atoms with van der Waals surface area (Å²) in [7, 11) is 0. The van der Waals surface area contributed by atoms with E-state index in [1.165, 1.54) is 43.5 Å². The highest BCUT2D eigenvalue weighted by atomic mass is 19.3. The number of hydrogen-bond acceptors (Lipinski definition) is 5. The van der Waals surface area contributed by atoms with Gasteiger partial charge in [0.25, 0.3) is 6.43 Å². The maximum atomic E-state index is 15.6. The Labute approximate surface area is 210 Å². The Balaban J connectivity index is 1.52. The van der Waals surface area contributed by atoms with E-state index in [0.29, 0.717) is 11.3 Å². The number of nitrogens with zero attached hydrogens (tertiary/aromatic N) is 4. The highest BCUT2D eigenvalue weighted by molar-refractivity contribution is 6.09. The second-order valence-electron chi connectivity index (χ2n) is 9.49. The number of alkyl halides is 3. The van der Waals surface area contributed by atoms with Gasteiger partial charge in [-0.15, -0.1) is 0 Å². The fraction of sp³-hybridized carbons (Fsp3) is 0.308. The molecule has 3 aromatic rings. The van der Waals surface area contributed by atoms with E-state index in [4.69, 9.17) is 0 Å². The average Bonchev–Trinajstić information content (AvgIpc) is 2.92. The third-order valence-electron chi connectivity index (χ3n) is 6.50. The van der Waals surface area contributed by atoms with Crippen LogP contribution in [0.1, 0.15) is 37.4 Å². The number of nitrogens with one attached hydrogen (secondary N) is 1. The molecule has 1 fully saturated rings. The Bertz CT molecular complexity index is 1370. The minimum absolute atomic E-state index is 0.00974. The van der Waals surface area contributed by atoms with Gasteiger partial charge in [0, 0.05) is 29.1 Å². The summed E-state index contributed by atoms with van der Waals surface area (Å²) >= 11 is 0. The lowest BCUT2D eigenvalue weighted by atomic mass is 9.97. The SMILES string of the molecule is C[C@H]1C(=O)N(CC(=O)Nc2ccc(C(F)F)cc2)c2cc(N3CC(C)(F)C3)nc(F)c2-c2cccnc21. The van der Waals surface area contributed by atoms with Gasteiger partial charge in [0.05, 0.1) is 36.0 Å². The summed E-state index contributed by atoms with van der Waals surface area (Å²) in [5.41, 5.74) is -0.527. The maximum Gasteiger partial charge on any atom is 0.263 e. The van der Waals surface area contributed by atoms with Gasteiger partial charge in [0.15, 0.2) is 0 Å². The minimum Gasteiger partial charge on any atom is -0.350 e. The summed E-state index contributed by atoms with van der Waals surface area (Å²) in [6, 6.07) is 9.77. The van der Waals surface area contributed by atoms with Gasteiger partial charge >= 0.3 is 0 Å². The first-order chi connectivity index (χ1) is 17.5. The first kappa shape index (κ1) is 24.7. The predicted molar refractivity (Wildman–Crippen MR) is 130 cm³/mol. The van der Waals surface area contributed by atoms with E-state index in [9.17, 15) is 22.8 Å². The topological polar surface area (TPSA) is 78.4 Å². The number of halogens is 4. The van der Waals surface area contributed by atoms with Crippen LogP contribution >= 0.6 is 0 Å². The lowest BCUT2D eigenvalue weighted by Crippen LogP contribution is -2.57. The van der Waals surface area contributed by atoms with Crippen LogP contribution in [0.4, 0.5) is 34.8 Å². The third kappa shape index (κ3) is 4.61. The first-order valence-electron chi connectivity index (χ1n) is 11.6. The smallest absolute Gasteiger partial charge is 0.263 e. The molecule has 1 aromatic carbocycles. The van der Waals surface area contributed by atoms with Crippen LogP contribution in [0.5, 0.6) is 0 Å². The van der Waals surface area contributed by atoms with Crippen molar-refractivity contribution in [3.05, 3.63) is 65.9 Å². The quantitative estimate of drug-likeness (QED) is 0.390. The van der Waals surface area contributed by atoms with Gasteiger partial charge in [-0.2, -0.15) is 4.39 Å².